The van der Waals surface area contributed by atoms with Gasteiger partial charge in [-0.1, -0.05) is 35.9 Å². The summed E-state index contributed by atoms with van der Waals surface area (Å²) >= 11 is 0. The van der Waals surface area contributed by atoms with Crippen molar-refractivity contribution >= 4 is 22.6 Å². The number of aliphatic carboxylic acids is 1. The molecule has 1 atom stereocenters. The zero-order valence-corrected chi connectivity index (χ0v) is 12.3. The Bertz CT molecular complexity index is 790. The lowest BCUT2D eigenvalue weighted by molar-refractivity contribution is -0.137. The number of aryl methyl sites for hydroxylation is 1. The number of aromatic nitrogens is 1. The zero-order valence-electron chi connectivity index (χ0n) is 12.3. The Morgan fingerprint density at radius 3 is 2.64 bits per heavy atom. The molecule has 0 radical (unpaired) electrons. The maximum atomic E-state index is 11.6. The molecule has 4 nitrogen and oxygen atoms in total. The van der Waals surface area contributed by atoms with Gasteiger partial charge in [0.05, 0.1) is 0 Å². The molecule has 3 aromatic rings. The minimum atomic E-state index is -0.856. The van der Waals surface area contributed by atoms with Gasteiger partial charge in [0.25, 0.3) is 0 Å². The van der Waals surface area contributed by atoms with Gasteiger partial charge < -0.3 is 15.4 Å². The highest BCUT2D eigenvalue weighted by Crippen LogP contribution is 2.20. The molecule has 3 rings (SSSR count). The molecule has 22 heavy (non-hydrogen) atoms. The summed E-state index contributed by atoms with van der Waals surface area (Å²) in [5.41, 5.74) is 3.99. The number of carboxylic acids is 1. The average Bonchev–Trinajstić information content (AvgIpc) is 2.92. The van der Waals surface area contributed by atoms with E-state index in [0.29, 0.717) is 6.42 Å². The predicted molar refractivity (Wildman–Crippen MR) is 88.2 cm³/mol. The summed E-state index contributed by atoms with van der Waals surface area (Å²) in [5, 5.41) is 13.7. The second-order valence-electron chi connectivity index (χ2n) is 5.46. The molecule has 112 valence electrons. The van der Waals surface area contributed by atoms with Crippen LogP contribution in [-0.4, -0.2) is 22.1 Å². The maximum Gasteiger partial charge on any atom is 0.326 e. The number of anilines is 1. The molecule has 0 fully saturated rings. The minimum Gasteiger partial charge on any atom is -0.480 e. The van der Waals surface area contributed by atoms with Crippen LogP contribution in [0.5, 0.6) is 0 Å². The number of hydrogen-bond acceptors (Lipinski definition) is 2. The summed E-state index contributed by atoms with van der Waals surface area (Å²) in [4.78, 5) is 14.7. The van der Waals surface area contributed by atoms with Gasteiger partial charge in [0, 0.05) is 29.2 Å². The summed E-state index contributed by atoms with van der Waals surface area (Å²) in [7, 11) is 0. The highest BCUT2D eigenvalue weighted by atomic mass is 16.4. The summed E-state index contributed by atoms with van der Waals surface area (Å²) in [6.45, 7) is 2.00. The van der Waals surface area contributed by atoms with Crippen LogP contribution in [0.25, 0.3) is 10.9 Å². The van der Waals surface area contributed by atoms with Gasteiger partial charge in [-0.3, -0.25) is 0 Å². The van der Waals surface area contributed by atoms with Crippen molar-refractivity contribution in [3.05, 3.63) is 65.9 Å². The first kappa shape index (κ1) is 14.2. The van der Waals surface area contributed by atoms with E-state index >= 15 is 0 Å². The molecular formula is C18H18N2O2. The predicted octanol–water partition coefficient (Wildman–Crippen LogP) is 3.58. The topological polar surface area (TPSA) is 65.1 Å². The Labute approximate surface area is 128 Å². The second-order valence-corrected chi connectivity index (χ2v) is 5.46. The number of aromatic amines is 1. The molecule has 1 aromatic heterocycles. The van der Waals surface area contributed by atoms with Crippen LogP contribution in [0.4, 0.5) is 5.69 Å². The van der Waals surface area contributed by atoms with Crippen LogP contribution in [0.3, 0.4) is 0 Å². The lowest BCUT2D eigenvalue weighted by atomic mass is 10.0. The molecule has 0 amide bonds. The van der Waals surface area contributed by atoms with Crippen LogP contribution < -0.4 is 5.32 Å². The molecule has 0 bridgehead atoms. The number of fused-ring (bicyclic) bond motifs is 1. The number of carboxylic acid groups (broad SMARTS) is 1. The van der Waals surface area contributed by atoms with E-state index in [-0.39, 0.29) is 0 Å². The summed E-state index contributed by atoms with van der Waals surface area (Å²) in [5.74, 6) is -0.856. The van der Waals surface area contributed by atoms with Crippen LogP contribution in [0.1, 0.15) is 11.1 Å². The van der Waals surface area contributed by atoms with E-state index in [0.717, 1.165) is 27.7 Å². The van der Waals surface area contributed by atoms with E-state index in [1.165, 1.54) is 0 Å². The summed E-state index contributed by atoms with van der Waals surface area (Å²) in [6, 6.07) is 15.0. The van der Waals surface area contributed by atoms with E-state index in [4.69, 9.17) is 0 Å². The van der Waals surface area contributed by atoms with Crippen LogP contribution >= 0.6 is 0 Å². The van der Waals surface area contributed by atoms with E-state index in [1.807, 2.05) is 61.7 Å². The Kier molecular flexibility index (Phi) is 3.83. The molecular weight excluding hydrogens is 276 g/mol. The Balaban J connectivity index is 1.82. The van der Waals surface area contributed by atoms with Crippen molar-refractivity contribution in [3.63, 3.8) is 0 Å². The normalized spacial score (nSPS) is 12.2. The first-order valence-electron chi connectivity index (χ1n) is 7.24. The van der Waals surface area contributed by atoms with Gasteiger partial charge in [-0.25, -0.2) is 4.79 Å². The molecule has 0 aliphatic carbocycles. The van der Waals surface area contributed by atoms with Crippen molar-refractivity contribution in [2.45, 2.75) is 19.4 Å². The monoisotopic (exact) mass is 294 g/mol. The number of hydrogen-bond donors (Lipinski definition) is 3. The smallest absolute Gasteiger partial charge is 0.326 e. The Morgan fingerprint density at radius 2 is 1.91 bits per heavy atom. The van der Waals surface area contributed by atoms with Crippen molar-refractivity contribution < 1.29 is 9.90 Å². The van der Waals surface area contributed by atoms with Gasteiger partial charge in [0.1, 0.15) is 6.04 Å². The highest BCUT2D eigenvalue weighted by Gasteiger charge is 2.19. The van der Waals surface area contributed by atoms with Gasteiger partial charge in [-0.2, -0.15) is 0 Å². The van der Waals surface area contributed by atoms with E-state index < -0.39 is 12.0 Å². The highest BCUT2D eigenvalue weighted by molar-refractivity contribution is 5.85. The number of H-pyrrole nitrogens is 1. The van der Waals surface area contributed by atoms with E-state index in [9.17, 15) is 9.90 Å². The average molecular weight is 294 g/mol. The first-order valence-corrected chi connectivity index (χ1v) is 7.24. The number of benzene rings is 2. The van der Waals surface area contributed by atoms with Crippen molar-refractivity contribution in [1.82, 2.24) is 4.98 Å². The van der Waals surface area contributed by atoms with Crippen molar-refractivity contribution in [1.29, 1.82) is 0 Å². The largest absolute Gasteiger partial charge is 0.480 e. The maximum absolute atomic E-state index is 11.6. The first-order chi connectivity index (χ1) is 10.6. The molecule has 3 N–H and O–H groups in total. The summed E-state index contributed by atoms with van der Waals surface area (Å²) in [6.07, 6.45) is 2.31. The SMILES string of the molecule is Cc1ccc(NC(Cc2c[nH]c3ccccc23)C(=O)O)cc1. The third-order valence-corrected chi connectivity index (χ3v) is 3.79. The number of nitrogens with one attached hydrogen (secondary N) is 2. The van der Waals surface area contributed by atoms with Crippen molar-refractivity contribution in [2.24, 2.45) is 0 Å². The minimum absolute atomic E-state index is 0.424. The van der Waals surface area contributed by atoms with E-state index in [1.54, 1.807) is 0 Å². The number of rotatable bonds is 5. The summed E-state index contributed by atoms with van der Waals surface area (Å²) < 4.78 is 0. The molecule has 1 unspecified atom stereocenters. The number of para-hydroxylation sites is 1. The van der Waals surface area contributed by atoms with Crippen molar-refractivity contribution in [2.75, 3.05) is 5.32 Å². The third kappa shape index (κ3) is 2.96. The fourth-order valence-electron chi connectivity index (χ4n) is 2.57. The van der Waals surface area contributed by atoms with Gasteiger partial charge in [0.2, 0.25) is 0 Å². The Morgan fingerprint density at radius 1 is 1.18 bits per heavy atom. The molecule has 0 saturated carbocycles. The number of carbonyl (C=O) groups is 1. The fourth-order valence-corrected chi connectivity index (χ4v) is 2.57. The van der Waals surface area contributed by atoms with Gasteiger partial charge in [-0.15, -0.1) is 0 Å². The van der Waals surface area contributed by atoms with Gasteiger partial charge >= 0.3 is 5.97 Å². The lowest BCUT2D eigenvalue weighted by Crippen LogP contribution is -2.31. The third-order valence-electron chi connectivity index (χ3n) is 3.79. The zero-order chi connectivity index (χ0) is 15.5. The molecule has 0 saturated heterocycles. The van der Waals surface area contributed by atoms with Crippen LogP contribution in [0, 0.1) is 6.92 Å². The lowest BCUT2D eigenvalue weighted by Gasteiger charge is -2.15. The molecule has 4 heteroatoms. The molecule has 0 aliphatic rings. The van der Waals surface area contributed by atoms with E-state index in [2.05, 4.69) is 10.3 Å². The van der Waals surface area contributed by atoms with Gasteiger partial charge in [0.15, 0.2) is 0 Å². The molecule has 0 aliphatic heterocycles. The standard InChI is InChI=1S/C18H18N2O2/c1-12-6-8-14(9-7-12)20-17(18(21)22)10-13-11-19-16-5-3-2-4-15(13)16/h2-9,11,17,19-20H,10H2,1H3,(H,21,22). The Hall–Kier alpha value is -2.75. The van der Waals surface area contributed by atoms with Crippen LogP contribution in [0.15, 0.2) is 54.7 Å². The van der Waals surface area contributed by atoms with Crippen molar-refractivity contribution in [3.8, 4) is 0 Å². The molecule has 0 spiro atoms. The molecule has 2 aromatic carbocycles. The quantitative estimate of drug-likeness (QED) is 0.674. The van der Waals surface area contributed by atoms with Crippen LogP contribution in [0.2, 0.25) is 0 Å². The van der Waals surface area contributed by atoms with Gasteiger partial charge in [-0.05, 0) is 30.7 Å². The molecule has 1 heterocycles. The van der Waals surface area contributed by atoms with Crippen LogP contribution in [-0.2, 0) is 11.2 Å². The second kappa shape index (κ2) is 5.93. The fraction of sp³-hybridized carbons (Fsp3) is 0.167.